The summed E-state index contributed by atoms with van der Waals surface area (Å²) in [6.07, 6.45) is 0. The molecule has 0 bridgehead atoms. The highest BCUT2D eigenvalue weighted by atomic mass is 19.2. The molecular formula is C24BF20O4-. The normalized spacial score (nSPS) is 11.7. The molecular weight excluding hydrogens is 743 g/mol. The molecule has 0 aliphatic heterocycles. The molecule has 0 spiro atoms. The minimum absolute atomic E-state index is 3.11. The third-order valence-electron chi connectivity index (χ3n) is 5.73. The average molecular weight is 743 g/mol. The molecule has 0 radical (unpaired) electrons. The minimum Gasteiger partial charge on any atom is -0.607 e. The van der Waals surface area contributed by atoms with Crippen LogP contribution in [0.5, 0.6) is 23.0 Å². The molecule has 4 aromatic carbocycles. The lowest BCUT2D eigenvalue weighted by molar-refractivity contribution is 0.130. The monoisotopic (exact) mass is 743 g/mol. The Morgan fingerprint density at radius 1 is 0.184 bits per heavy atom. The van der Waals surface area contributed by atoms with Crippen molar-refractivity contribution in [3.05, 3.63) is 116 Å². The lowest BCUT2D eigenvalue weighted by Crippen LogP contribution is -2.61. The zero-order valence-corrected chi connectivity index (χ0v) is 21.8. The average Bonchev–Trinajstić information content (AvgIpc) is 3.08. The van der Waals surface area contributed by atoms with Crippen molar-refractivity contribution >= 4 is 6.96 Å². The van der Waals surface area contributed by atoms with Gasteiger partial charge >= 0.3 is 6.96 Å². The largest absolute Gasteiger partial charge is 0.777 e. The summed E-state index contributed by atoms with van der Waals surface area (Å²) < 4.78 is 299. The van der Waals surface area contributed by atoms with Crippen LogP contribution < -0.4 is 18.6 Å². The smallest absolute Gasteiger partial charge is 0.607 e. The molecule has 0 aliphatic rings. The molecule has 0 saturated carbocycles. The van der Waals surface area contributed by atoms with E-state index in [2.05, 4.69) is 18.6 Å². The lowest BCUT2D eigenvalue weighted by atomic mass is 10.0. The highest BCUT2D eigenvalue weighted by molar-refractivity contribution is 6.57. The lowest BCUT2D eigenvalue weighted by Gasteiger charge is -2.41. The quantitative estimate of drug-likeness (QED) is 0.0786. The molecule has 0 heterocycles. The van der Waals surface area contributed by atoms with Crippen LogP contribution in [0.25, 0.3) is 0 Å². The van der Waals surface area contributed by atoms with E-state index in [1.165, 1.54) is 0 Å². The SMILES string of the molecule is Fc1c(F)c(F)c(O[B-](Oc2c(F)c(F)c(F)c(F)c2F)(Oc2c(F)c(F)c(F)c(F)c2F)Oc2c(F)c(F)c(F)c(F)c2F)c(F)c1F. The van der Waals surface area contributed by atoms with Crippen LogP contribution in [0.15, 0.2) is 0 Å². The molecule has 25 heteroatoms. The van der Waals surface area contributed by atoms with Gasteiger partial charge in [-0.15, -0.1) is 0 Å². The van der Waals surface area contributed by atoms with Crippen molar-refractivity contribution < 1.29 is 106 Å². The van der Waals surface area contributed by atoms with Crippen LogP contribution in [0.4, 0.5) is 87.8 Å². The van der Waals surface area contributed by atoms with Gasteiger partial charge < -0.3 is 18.6 Å². The van der Waals surface area contributed by atoms with Gasteiger partial charge in [0.15, 0.2) is 23.0 Å². The van der Waals surface area contributed by atoms with E-state index in [9.17, 15) is 87.8 Å². The second-order valence-corrected chi connectivity index (χ2v) is 8.64. The van der Waals surface area contributed by atoms with Crippen LogP contribution in [0.1, 0.15) is 0 Å². The van der Waals surface area contributed by atoms with Gasteiger partial charge in [0.05, 0.1) is 0 Å². The van der Waals surface area contributed by atoms with Gasteiger partial charge in [-0.25, -0.2) is 52.7 Å². The minimum atomic E-state index is -6.78. The van der Waals surface area contributed by atoms with E-state index in [0.717, 1.165) is 0 Å². The Balaban J connectivity index is 2.21. The molecule has 0 atom stereocenters. The summed E-state index contributed by atoms with van der Waals surface area (Å²) in [4.78, 5) is 0. The van der Waals surface area contributed by atoms with Crippen molar-refractivity contribution in [1.29, 1.82) is 0 Å². The van der Waals surface area contributed by atoms with Gasteiger partial charge in [-0.1, -0.05) is 0 Å². The van der Waals surface area contributed by atoms with E-state index >= 15 is 0 Å². The van der Waals surface area contributed by atoms with Gasteiger partial charge in [0, 0.05) is 0 Å². The topological polar surface area (TPSA) is 36.9 Å². The zero-order valence-electron chi connectivity index (χ0n) is 21.8. The summed E-state index contributed by atoms with van der Waals surface area (Å²) in [5, 5.41) is 0. The molecule has 4 rings (SSSR count). The summed E-state index contributed by atoms with van der Waals surface area (Å²) in [5.74, 6) is -77.1. The molecule has 0 aliphatic carbocycles. The van der Waals surface area contributed by atoms with Crippen molar-refractivity contribution in [2.24, 2.45) is 0 Å². The van der Waals surface area contributed by atoms with Gasteiger partial charge in [-0.2, -0.15) is 35.1 Å². The van der Waals surface area contributed by atoms with Crippen molar-refractivity contribution in [2.75, 3.05) is 0 Å². The molecule has 0 saturated heterocycles. The fourth-order valence-electron chi connectivity index (χ4n) is 3.47. The second-order valence-electron chi connectivity index (χ2n) is 8.64. The van der Waals surface area contributed by atoms with Gasteiger partial charge in [0.1, 0.15) is 0 Å². The maximum absolute atomic E-state index is 14.6. The molecule has 0 fully saturated rings. The van der Waals surface area contributed by atoms with E-state index in [0.29, 0.717) is 0 Å². The zero-order chi connectivity index (χ0) is 37.2. The van der Waals surface area contributed by atoms with E-state index in [1.807, 2.05) is 0 Å². The van der Waals surface area contributed by atoms with Gasteiger partial charge in [-0.3, -0.25) is 0 Å². The number of hydrogen-bond acceptors (Lipinski definition) is 4. The van der Waals surface area contributed by atoms with Crippen molar-refractivity contribution in [3.63, 3.8) is 0 Å². The summed E-state index contributed by atoms with van der Waals surface area (Å²) in [6.45, 7) is -6.78. The molecule has 264 valence electrons. The highest BCUT2D eigenvalue weighted by Crippen LogP contribution is 2.40. The van der Waals surface area contributed by atoms with E-state index < -0.39 is 146 Å². The van der Waals surface area contributed by atoms with Crippen LogP contribution in [-0.4, -0.2) is 6.96 Å². The molecule has 0 N–H and O–H groups in total. The van der Waals surface area contributed by atoms with Crippen LogP contribution in [-0.2, 0) is 0 Å². The fraction of sp³-hybridized carbons (Fsp3) is 0. The van der Waals surface area contributed by atoms with Crippen LogP contribution >= 0.6 is 0 Å². The Morgan fingerprint density at radius 3 is 0.408 bits per heavy atom. The number of rotatable bonds is 8. The van der Waals surface area contributed by atoms with Crippen molar-refractivity contribution in [2.45, 2.75) is 0 Å². The molecule has 0 amide bonds. The predicted molar refractivity (Wildman–Crippen MR) is 113 cm³/mol. The predicted octanol–water partition coefficient (Wildman–Crippen LogP) is 8.52. The van der Waals surface area contributed by atoms with E-state index in [4.69, 9.17) is 0 Å². The first kappa shape index (κ1) is 36.6. The summed E-state index contributed by atoms with van der Waals surface area (Å²) in [7, 11) is 0. The van der Waals surface area contributed by atoms with E-state index in [1.54, 1.807) is 0 Å². The Hall–Kier alpha value is -5.26. The number of halogens is 20. The first-order chi connectivity index (χ1) is 22.6. The Bertz CT molecular complexity index is 1650. The standard InChI is InChI=1S/C24BF20O4/c26-1-5(30)13(38)21(14(39)6(1)31)46-25(47-22-15(40)7(32)2(27)8(33)16(22)41,48-23-17(42)9(34)3(28)10(35)18(23)43)49-24-19(44)11(36)4(29)12(37)20(24)45/q-1. The third-order valence-corrected chi connectivity index (χ3v) is 5.73. The molecule has 4 aromatic rings. The first-order valence-corrected chi connectivity index (χ1v) is 11.5. The van der Waals surface area contributed by atoms with Crippen LogP contribution in [0, 0.1) is 116 Å². The Morgan fingerprint density at radius 2 is 0.286 bits per heavy atom. The molecule has 4 nitrogen and oxygen atoms in total. The van der Waals surface area contributed by atoms with Gasteiger partial charge in [0.2, 0.25) is 116 Å². The first-order valence-electron chi connectivity index (χ1n) is 11.5. The van der Waals surface area contributed by atoms with Gasteiger partial charge in [0.25, 0.3) is 0 Å². The van der Waals surface area contributed by atoms with Crippen LogP contribution in [0.3, 0.4) is 0 Å². The second kappa shape index (κ2) is 12.6. The summed E-state index contributed by atoms with van der Waals surface area (Å²) in [5.41, 5.74) is 0. The summed E-state index contributed by atoms with van der Waals surface area (Å²) in [6, 6.07) is 0. The van der Waals surface area contributed by atoms with Crippen molar-refractivity contribution in [1.82, 2.24) is 0 Å². The Labute approximate surface area is 253 Å². The molecule has 0 unspecified atom stereocenters. The molecule has 0 aromatic heterocycles. The Kier molecular flexibility index (Phi) is 9.44. The number of benzene rings is 4. The fourth-order valence-corrected chi connectivity index (χ4v) is 3.47. The van der Waals surface area contributed by atoms with Gasteiger partial charge in [-0.05, 0) is 0 Å². The maximum atomic E-state index is 14.6. The van der Waals surface area contributed by atoms with Crippen molar-refractivity contribution in [3.8, 4) is 23.0 Å². The van der Waals surface area contributed by atoms with Crippen LogP contribution in [0.2, 0.25) is 0 Å². The third kappa shape index (κ3) is 5.79. The summed E-state index contributed by atoms with van der Waals surface area (Å²) >= 11 is 0. The maximum Gasteiger partial charge on any atom is 0.777 e. The molecule has 49 heavy (non-hydrogen) atoms. The highest BCUT2D eigenvalue weighted by Gasteiger charge is 2.50. The number of hydrogen-bond donors (Lipinski definition) is 0. The van der Waals surface area contributed by atoms with E-state index in [-0.39, 0.29) is 0 Å².